The Bertz CT molecular complexity index is 679. The molecular weight excluding hydrogens is 302 g/mol. The molecule has 1 aromatic carbocycles. The zero-order valence-electron chi connectivity index (χ0n) is 13.9. The number of amides is 1. The van der Waals surface area contributed by atoms with Crippen molar-refractivity contribution in [2.45, 2.75) is 38.3 Å². The number of hydrogen-bond donors (Lipinski definition) is 2. The molecule has 0 saturated heterocycles. The van der Waals surface area contributed by atoms with Crippen LogP contribution in [0, 0.1) is 0 Å². The number of rotatable bonds is 6. The summed E-state index contributed by atoms with van der Waals surface area (Å²) in [5.74, 6) is 0.637. The van der Waals surface area contributed by atoms with Gasteiger partial charge in [-0.15, -0.1) is 0 Å². The van der Waals surface area contributed by atoms with E-state index in [-0.39, 0.29) is 5.91 Å². The maximum absolute atomic E-state index is 12.3. The summed E-state index contributed by atoms with van der Waals surface area (Å²) in [6.07, 6.45) is 6.62. The molecule has 0 spiro atoms. The quantitative estimate of drug-likeness (QED) is 0.855. The van der Waals surface area contributed by atoms with Gasteiger partial charge >= 0.3 is 0 Å². The van der Waals surface area contributed by atoms with E-state index in [1.165, 1.54) is 25.7 Å². The Balaban J connectivity index is 1.57. The number of carbonyl (C=O) groups excluding carboxylic acids is 1. The first kappa shape index (κ1) is 16.3. The lowest BCUT2D eigenvalue weighted by molar-refractivity contribution is 0.0946. The third kappa shape index (κ3) is 4.25. The standard InChI is InChI=1S/C19H23N3O2/c1-24-17-8-6-14(7-9-17)13-21-19(23)18-12-16(10-11-20-18)22-15-4-2-3-5-15/h6-12,15H,2-5,13H2,1H3,(H,20,22)(H,21,23). The Morgan fingerprint density at radius 1 is 1.21 bits per heavy atom. The Kier molecular flexibility index (Phi) is 5.31. The van der Waals surface area contributed by atoms with Gasteiger partial charge in [-0.3, -0.25) is 9.78 Å². The van der Waals surface area contributed by atoms with Gasteiger partial charge in [0, 0.05) is 24.5 Å². The Morgan fingerprint density at radius 3 is 2.67 bits per heavy atom. The minimum Gasteiger partial charge on any atom is -0.497 e. The average Bonchev–Trinajstić information content (AvgIpc) is 3.13. The fraction of sp³-hybridized carbons (Fsp3) is 0.368. The van der Waals surface area contributed by atoms with E-state index < -0.39 is 0 Å². The minimum atomic E-state index is -0.166. The molecule has 0 radical (unpaired) electrons. The Labute approximate surface area is 142 Å². The van der Waals surface area contributed by atoms with Crippen LogP contribution in [0.5, 0.6) is 5.75 Å². The smallest absolute Gasteiger partial charge is 0.270 e. The van der Waals surface area contributed by atoms with Crippen LogP contribution in [0.2, 0.25) is 0 Å². The second kappa shape index (κ2) is 7.81. The van der Waals surface area contributed by atoms with Crippen LogP contribution in [-0.4, -0.2) is 24.0 Å². The zero-order chi connectivity index (χ0) is 16.8. The molecule has 2 aromatic rings. The van der Waals surface area contributed by atoms with Gasteiger partial charge < -0.3 is 15.4 Å². The van der Waals surface area contributed by atoms with E-state index in [2.05, 4.69) is 15.6 Å². The number of ether oxygens (including phenoxy) is 1. The van der Waals surface area contributed by atoms with Gasteiger partial charge in [0.05, 0.1) is 7.11 Å². The van der Waals surface area contributed by atoms with Crippen molar-refractivity contribution in [3.8, 4) is 5.75 Å². The third-order valence-electron chi connectivity index (χ3n) is 4.33. The summed E-state index contributed by atoms with van der Waals surface area (Å²) in [4.78, 5) is 16.5. The Morgan fingerprint density at radius 2 is 1.96 bits per heavy atom. The molecule has 0 aliphatic heterocycles. The van der Waals surface area contributed by atoms with Crippen molar-refractivity contribution in [1.29, 1.82) is 0 Å². The SMILES string of the molecule is COc1ccc(CNC(=O)c2cc(NC3CCCC3)ccn2)cc1. The molecule has 5 nitrogen and oxygen atoms in total. The molecule has 1 amide bonds. The predicted octanol–water partition coefficient (Wildman–Crippen LogP) is 3.37. The van der Waals surface area contributed by atoms with Crippen LogP contribution >= 0.6 is 0 Å². The summed E-state index contributed by atoms with van der Waals surface area (Å²) in [5.41, 5.74) is 2.42. The van der Waals surface area contributed by atoms with Crippen molar-refractivity contribution in [1.82, 2.24) is 10.3 Å². The van der Waals surface area contributed by atoms with Crippen molar-refractivity contribution in [2.24, 2.45) is 0 Å². The number of nitrogens with zero attached hydrogens (tertiary/aromatic N) is 1. The predicted molar refractivity (Wildman–Crippen MR) is 94.3 cm³/mol. The average molecular weight is 325 g/mol. The number of anilines is 1. The fourth-order valence-corrected chi connectivity index (χ4v) is 2.97. The van der Waals surface area contributed by atoms with Crippen molar-refractivity contribution < 1.29 is 9.53 Å². The summed E-state index contributed by atoms with van der Waals surface area (Å²) in [6, 6.07) is 11.9. The Hall–Kier alpha value is -2.56. The van der Waals surface area contributed by atoms with Crippen molar-refractivity contribution in [3.63, 3.8) is 0 Å². The van der Waals surface area contributed by atoms with Gasteiger partial charge in [0.1, 0.15) is 11.4 Å². The highest BCUT2D eigenvalue weighted by molar-refractivity contribution is 5.93. The van der Waals surface area contributed by atoms with Crippen LogP contribution in [0.3, 0.4) is 0 Å². The highest BCUT2D eigenvalue weighted by atomic mass is 16.5. The van der Waals surface area contributed by atoms with Crippen molar-refractivity contribution in [3.05, 3.63) is 53.9 Å². The fourth-order valence-electron chi connectivity index (χ4n) is 2.97. The van der Waals surface area contributed by atoms with Crippen LogP contribution in [-0.2, 0) is 6.54 Å². The highest BCUT2D eigenvalue weighted by Gasteiger charge is 2.15. The summed E-state index contributed by atoms with van der Waals surface area (Å²) >= 11 is 0. The van der Waals surface area contributed by atoms with E-state index in [1.807, 2.05) is 36.4 Å². The van der Waals surface area contributed by atoms with Gasteiger partial charge in [0.15, 0.2) is 0 Å². The van der Waals surface area contributed by atoms with Crippen LogP contribution in [0.15, 0.2) is 42.6 Å². The molecule has 0 unspecified atom stereocenters. The lowest BCUT2D eigenvalue weighted by atomic mass is 10.2. The number of benzene rings is 1. The van der Waals surface area contributed by atoms with Crippen LogP contribution in [0.25, 0.3) is 0 Å². The largest absolute Gasteiger partial charge is 0.497 e. The van der Waals surface area contributed by atoms with Crippen LogP contribution in [0.4, 0.5) is 5.69 Å². The molecule has 24 heavy (non-hydrogen) atoms. The topological polar surface area (TPSA) is 63.2 Å². The van der Waals surface area contributed by atoms with Gasteiger partial charge in [0.2, 0.25) is 0 Å². The molecule has 3 rings (SSSR count). The summed E-state index contributed by atoms with van der Waals surface area (Å²) < 4.78 is 5.13. The number of hydrogen-bond acceptors (Lipinski definition) is 4. The molecular formula is C19H23N3O2. The van der Waals surface area contributed by atoms with E-state index in [0.29, 0.717) is 18.3 Å². The molecule has 1 heterocycles. The second-order valence-electron chi connectivity index (χ2n) is 6.09. The van der Waals surface area contributed by atoms with Gasteiger partial charge in [-0.1, -0.05) is 25.0 Å². The van der Waals surface area contributed by atoms with Gasteiger partial charge in [-0.2, -0.15) is 0 Å². The van der Waals surface area contributed by atoms with Crippen molar-refractivity contribution >= 4 is 11.6 Å². The molecule has 1 aliphatic rings. The number of carbonyl (C=O) groups is 1. The first-order valence-corrected chi connectivity index (χ1v) is 8.38. The van der Waals surface area contributed by atoms with E-state index in [0.717, 1.165) is 17.0 Å². The van der Waals surface area contributed by atoms with Gasteiger partial charge in [0.25, 0.3) is 5.91 Å². The third-order valence-corrected chi connectivity index (χ3v) is 4.33. The van der Waals surface area contributed by atoms with E-state index >= 15 is 0 Å². The van der Waals surface area contributed by atoms with Crippen molar-refractivity contribution in [2.75, 3.05) is 12.4 Å². The first-order valence-electron chi connectivity index (χ1n) is 8.38. The molecule has 5 heteroatoms. The van der Waals surface area contributed by atoms with Crippen LogP contribution in [0.1, 0.15) is 41.7 Å². The molecule has 1 aromatic heterocycles. The van der Waals surface area contributed by atoms with E-state index in [9.17, 15) is 4.79 Å². The minimum absolute atomic E-state index is 0.166. The van der Waals surface area contributed by atoms with Gasteiger partial charge in [-0.25, -0.2) is 0 Å². The van der Waals surface area contributed by atoms with Gasteiger partial charge in [-0.05, 0) is 42.7 Å². The molecule has 1 saturated carbocycles. The molecule has 0 bridgehead atoms. The lowest BCUT2D eigenvalue weighted by Gasteiger charge is -2.14. The molecule has 1 fully saturated rings. The van der Waals surface area contributed by atoms with E-state index in [4.69, 9.17) is 4.74 Å². The monoisotopic (exact) mass is 325 g/mol. The summed E-state index contributed by atoms with van der Waals surface area (Å²) in [5, 5.41) is 6.39. The number of methoxy groups -OCH3 is 1. The molecule has 0 atom stereocenters. The summed E-state index contributed by atoms with van der Waals surface area (Å²) in [6.45, 7) is 0.463. The second-order valence-corrected chi connectivity index (χ2v) is 6.09. The maximum atomic E-state index is 12.3. The number of pyridine rings is 1. The highest BCUT2D eigenvalue weighted by Crippen LogP contribution is 2.22. The summed E-state index contributed by atoms with van der Waals surface area (Å²) in [7, 11) is 1.63. The maximum Gasteiger partial charge on any atom is 0.270 e. The lowest BCUT2D eigenvalue weighted by Crippen LogP contribution is -2.24. The first-order chi connectivity index (χ1) is 11.7. The molecule has 126 valence electrons. The zero-order valence-corrected chi connectivity index (χ0v) is 13.9. The molecule has 2 N–H and O–H groups in total. The van der Waals surface area contributed by atoms with E-state index in [1.54, 1.807) is 13.3 Å². The normalized spacial score (nSPS) is 14.4. The molecule has 1 aliphatic carbocycles. The number of nitrogens with one attached hydrogen (secondary N) is 2. The number of aromatic nitrogens is 1. The van der Waals surface area contributed by atoms with Crippen LogP contribution < -0.4 is 15.4 Å².